The van der Waals surface area contributed by atoms with Gasteiger partial charge in [-0.15, -0.1) is 6.58 Å². The van der Waals surface area contributed by atoms with E-state index in [0.29, 0.717) is 36.6 Å². The molecule has 204 valence electrons. The van der Waals surface area contributed by atoms with Crippen LogP contribution in [-0.2, 0) is 22.4 Å². The van der Waals surface area contributed by atoms with Gasteiger partial charge in [-0.2, -0.15) is 0 Å². The third-order valence-electron chi connectivity index (χ3n) is 6.09. The number of aliphatic carboxylic acids is 1. The van der Waals surface area contributed by atoms with Crippen LogP contribution in [0.5, 0.6) is 11.5 Å². The highest BCUT2D eigenvalue weighted by Crippen LogP contribution is 2.29. The first kappa shape index (κ1) is 30.4. The van der Waals surface area contributed by atoms with Gasteiger partial charge in [0.2, 0.25) is 0 Å². The summed E-state index contributed by atoms with van der Waals surface area (Å²) >= 11 is 0. The zero-order valence-corrected chi connectivity index (χ0v) is 23.0. The van der Waals surface area contributed by atoms with Crippen molar-refractivity contribution in [3.05, 3.63) is 94.5 Å². The third kappa shape index (κ3) is 9.54. The van der Waals surface area contributed by atoms with Gasteiger partial charge >= 0.3 is 5.97 Å². The molecule has 0 aliphatic carbocycles. The summed E-state index contributed by atoms with van der Waals surface area (Å²) in [6, 6.07) is 11.2. The lowest BCUT2D eigenvalue weighted by molar-refractivity contribution is -0.137. The zero-order valence-electron chi connectivity index (χ0n) is 23.0. The number of carboxylic acid groups (broad SMARTS) is 1. The zero-order chi connectivity index (χ0) is 28.2. The van der Waals surface area contributed by atoms with Crippen LogP contribution in [0.1, 0.15) is 68.8 Å². The van der Waals surface area contributed by atoms with Crippen LogP contribution < -0.4 is 15.4 Å². The van der Waals surface area contributed by atoms with Crippen LogP contribution in [0.2, 0.25) is 0 Å². The average molecular weight is 523 g/mol. The quantitative estimate of drug-likeness (QED) is 0.186. The minimum Gasteiger partial charge on any atom is -0.481 e. The van der Waals surface area contributed by atoms with Crippen LogP contribution in [-0.4, -0.2) is 23.5 Å². The number of benzene rings is 2. The normalized spacial score (nSPS) is 12.8. The average Bonchev–Trinajstić information content (AvgIpc) is 2.86. The van der Waals surface area contributed by atoms with Crippen molar-refractivity contribution in [2.45, 2.75) is 66.3 Å². The number of nitrogens with one attached hydrogen (secondary N) is 2. The van der Waals surface area contributed by atoms with E-state index in [0.717, 1.165) is 34.2 Å². The molecule has 0 spiro atoms. The van der Waals surface area contributed by atoms with E-state index in [4.69, 9.17) is 9.84 Å². The van der Waals surface area contributed by atoms with Crippen LogP contribution in [0.3, 0.4) is 0 Å². The number of amides is 1. The maximum Gasteiger partial charge on any atom is 0.303 e. The molecule has 0 fully saturated rings. The number of halogens is 1. The molecule has 0 aromatic heterocycles. The monoisotopic (exact) mass is 522 g/mol. The predicted octanol–water partition coefficient (Wildman–Crippen LogP) is 6.86. The minimum absolute atomic E-state index is 0.0871. The lowest BCUT2D eigenvalue weighted by Gasteiger charge is -2.19. The molecule has 38 heavy (non-hydrogen) atoms. The smallest absolute Gasteiger partial charge is 0.303 e. The number of carbonyl (C=O) groups is 2. The summed E-state index contributed by atoms with van der Waals surface area (Å²) in [6.45, 7) is 13.2. The van der Waals surface area contributed by atoms with E-state index in [2.05, 4.69) is 17.2 Å². The van der Waals surface area contributed by atoms with Gasteiger partial charge in [0, 0.05) is 13.0 Å². The highest BCUT2D eigenvalue weighted by molar-refractivity contribution is 5.93. The Morgan fingerprint density at radius 3 is 2.50 bits per heavy atom. The first-order valence-electron chi connectivity index (χ1n) is 12.8. The van der Waals surface area contributed by atoms with E-state index < -0.39 is 5.97 Å². The van der Waals surface area contributed by atoms with Gasteiger partial charge in [0.25, 0.3) is 5.91 Å². The Kier molecular flexibility index (Phi) is 11.8. The van der Waals surface area contributed by atoms with E-state index in [9.17, 15) is 14.0 Å². The topological polar surface area (TPSA) is 87.7 Å². The minimum atomic E-state index is -0.818. The van der Waals surface area contributed by atoms with Gasteiger partial charge in [-0.05, 0) is 105 Å². The summed E-state index contributed by atoms with van der Waals surface area (Å²) in [5.41, 5.74) is 5.03. The molecule has 0 aliphatic rings. The number of allylic oxidation sites excluding steroid dienone is 3. The summed E-state index contributed by atoms with van der Waals surface area (Å²) in [4.78, 5) is 24.1. The number of rotatable bonds is 14. The Labute approximate surface area is 225 Å². The van der Waals surface area contributed by atoms with Crippen molar-refractivity contribution >= 4 is 11.9 Å². The van der Waals surface area contributed by atoms with Crippen molar-refractivity contribution in [3.63, 3.8) is 0 Å². The molecule has 1 amide bonds. The lowest BCUT2D eigenvalue weighted by atomic mass is 10.0. The van der Waals surface area contributed by atoms with Crippen molar-refractivity contribution in [1.82, 2.24) is 10.6 Å². The van der Waals surface area contributed by atoms with E-state index in [1.54, 1.807) is 13.0 Å². The molecule has 0 bridgehead atoms. The van der Waals surface area contributed by atoms with Crippen LogP contribution in [0, 0.1) is 6.92 Å². The number of hydrogen-bond donors (Lipinski definition) is 3. The first-order chi connectivity index (χ1) is 18.0. The van der Waals surface area contributed by atoms with Crippen molar-refractivity contribution < 1.29 is 23.8 Å². The highest BCUT2D eigenvalue weighted by atomic mass is 19.1. The Morgan fingerprint density at radius 2 is 1.87 bits per heavy atom. The van der Waals surface area contributed by atoms with E-state index in [-0.39, 0.29) is 24.2 Å². The predicted molar refractivity (Wildman–Crippen MR) is 150 cm³/mol. The standard InChI is InChI=1S/C31H39FN2O4/c1-7-15-33-30(21(4)9-10-22(5)32)31(37)34-23(6)26-16-20(3)17-28(19-26)38-27-13-11-25(12-14-29(35)36)24(8-2)18-27/h7,10-11,13,16-19,23,33H,1,8-9,12,14-15H2,2-6H3,(H,34,37)(H,35,36)/b22-10+,30-21-. The molecule has 3 N–H and O–H groups in total. The molecular weight excluding hydrogens is 483 g/mol. The van der Waals surface area contributed by atoms with Crippen LogP contribution in [0.25, 0.3) is 0 Å². The van der Waals surface area contributed by atoms with Crippen molar-refractivity contribution in [2.75, 3.05) is 6.54 Å². The van der Waals surface area contributed by atoms with Crippen molar-refractivity contribution in [2.24, 2.45) is 0 Å². The van der Waals surface area contributed by atoms with Gasteiger partial charge in [0.15, 0.2) is 0 Å². The molecule has 2 aromatic rings. The fourth-order valence-electron chi connectivity index (χ4n) is 4.05. The molecule has 0 aliphatic heterocycles. The third-order valence-corrected chi connectivity index (χ3v) is 6.09. The number of carbonyl (C=O) groups excluding carboxylic acids is 1. The first-order valence-corrected chi connectivity index (χ1v) is 12.8. The van der Waals surface area contributed by atoms with Gasteiger partial charge in [-0.3, -0.25) is 9.59 Å². The fraction of sp³-hybridized carbons (Fsp3) is 0.355. The van der Waals surface area contributed by atoms with Crippen LogP contribution in [0.15, 0.2) is 72.2 Å². The summed E-state index contributed by atoms with van der Waals surface area (Å²) in [7, 11) is 0. The second-order valence-corrected chi connectivity index (χ2v) is 9.37. The Hall–Kier alpha value is -3.87. The van der Waals surface area contributed by atoms with E-state index >= 15 is 0 Å². The molecule has 2 rings (SSSR count). The number of ether oxygens (including phenoxy) is 1. The van der Waals surface area contributed by atoms with E-state index in [1.807, 2.05) is 57.2 Å². The Balaban J connectivity index is 2.23. The van der Waals surface area contributed by atoms with Gasteiger partial charge in [-0.25, -0.2) is 4.39 Å². The SMILES string of the molecule is C=CCN/C(C(=O)NC(C)c1cc(C)cc(Oc2ccc(CCC(=O)O)c(CC)c2)c1)=C(/C)C/C=C(\C)F. The van der Waals surface area contributed by atoms with Crippen molar-refractivity contribution in [3.8, 4) is 11.5 Å². The second kappa shape index (κ2) is 14.8. The molecule has 7 heteroatoms. The maximum atomic E-state index is 13.2. The Morgan fingerprint density at radius 1 is 1.13 bits per heavy atom. The molecule has 1 unspecified atom stereocenters. The summed E-state index contributed by atoms with van der Waals surface area (Å²) in [5, 5.41) is 15.1. The molecule has 6 nitrogen and oxygen atoms in total. The molecule has 0 saturated carbocycles. The number of hydrogen-bond acceptors (Lipinski definition) is 4. The largest absolute Gasteiger partial charge is 0.481 e. The van der Waals surface area contributed by atoms with Gasteiger partial charge in [0.1, 0.15) is 11.5 Å². The van der Waals surface area contributed by atoms with Gasteiger partial charge in [-0.1, -0.05) is 25.1 Å². The maximum absolute atomic E-state index is 13.2. The van der Waals surface area contributed by atoms with E-state index in [1.165, 1.54) is 13.0 Å². The lowest BCUT2D eigenvalue weighted by Crippen LogP contribution is -2.34. The Bertz CT molecular complexity index is 1210. The van der Waals surface area contributed by atoms with Gasteiger partial charge < -0.3 is 20.5 Å². The van der Waals surface area contributed by atoms with Gasteiger partial charge in [0.05, 0.1) is 17.6 Å². The fourth-order valence-corrected chi connectivity index (χ4v) is 4.05. The molecular formula is C31H39FN2O4. The molecule has 0 radical (unpaired) electrons. The second-order valence-electron chi connectivity index (χ2n) is 9.37. The van der Waals surface area contributed by atoms with Crippen LogP contribution >= 0.6 is 0 Å². The summed E-state index contributed by atoms with van der Waals surface area (Å²) in [5.74, 6) is -0.0897. The molecule has 2 aromatic carbocycles. The highest BCUT2D eigenvalue weighted by Gasteiger charge is 2.17. The van der Waals surface area contributed by atoms with Crippen LogP contribution in [0.4, 0.5) is 4.39 Å². The molecule has 0 saturated heterocycles. The summed E-state index contributed by atoms with van der Waals surface area (Å²) in [6.07, 6.45) is 4.75. The summed E-state index contributed by atoms with van der Waals surface area (Å²) < 4.78 is 19.4. The number of carboxylic acids is 1. The number of aryl methyl sites for hydroxylation is 3. The molecule has 0 heterocycles. The molecule has 1 atom stereocenters. The van der Waals surface area contributed by atoms with Crippen molar-refractivity contribution in [1.29, 1.82) is 0 Å².